The lowest BCUT2D eigenvalue weighted by Crippen LogP contribution is -2.30. The highest BCUT2D eigenvalue weighted by Gasteiger charge is 2.35. The molecule has 3 nitrogen and oxygen atoms in total. The normalized spacial score (nSPS) is 16.9. The van der Waals surface area contributed by atoms with E-state index < -0.39 is 0 Å². The summed E-state index contributed by atoms with van der Waals surface area (Å²) < 4.78 is 0.613. The second-order valence-corrected chi connectivity index (χ2v) is 8.08. The van der Waals surface area contributed by atoms with Gasteiger partial charge in [-0.1, -0.05) is 66.4 Å². The number of carbonyl (C=O) groups is 1. The Hall–Kier alpha value is -2.11. The Balaban J connectivity index is 1.80. The summed E-state index contributed by atoms with van der Waals surface area (Å²) in [4.78, 5) is 17.6. The number of hydrogen-bond acceptors (Lipinski definition) is 4. The molecule has 1 atom stereocenters. The van der Waals surface area contributed by atoms with E-state index in [9.17, 15) is 4.79 Å². The Morgan fingerprint density at radius 1 is 1.07 bits per heavy atom. The number of carbonyl (C=O) groups excluding carboxylic acids is 1. The average molecular weight is 397 g/mol. The van der Waals surface area contributed by atoms with Gasteiger partial charge < -0.3 is 4.90 Å². The first kappa shape index (κ1) is 19.6. The number of amides is 1. The van der Waals surface area contributed by atoms with Crippen LogP contribution in [0.1, 0.15) is 37.9 Å². The second-order valence-electron chi connectivity index (χ2n) is 6.40. The molecule has 0 unspecified atom stereocenters. The summed E-state index contributed by atoms with van der Waals surface area (Å²) in [5, 5.41) is 0. The van der Waals surface area contributed by atoms with Crippen molar-refractivity contribution >= 4 is 46.0 Å². The minimum atomic E-state index is -0.0744. The number of thioether (sulfide) groups is 1. The quantitative estimate of drug-likeness (QED) is 0.475. The second kappa shape index (κ2) is 8.72. The van der Waals surface area contributed by atoms with Crippen LogP contribution in [0.5, 0.6) is 0 Å². The van der Waals surface area contributed by atoms with Gasteiger partial charge in [0.1, 0.15) is 4.32 Å². The van der Waals surface area contributed by atoms with Crippen molar-refractivity contribution in [2.75, 3.05) is 18.0 Å². The molecule has 1 amide bonds. The summed E-state index contributed by atoms with van der Waals surface area (Å²) in [6.07, 6.45) is 1.93. The molecule has 3 rings (SSSR count). The van der Waals surface area contributed by atoms with Crippen molar-refractivity contribution in [1.82, 2.24) is 4.90 Å². The van der Waals surface area contributed by atoms with E-state index in [2.05, 4.69) is 43.0 Å². The molecular formula is C22H24N2OS2. The largest absolute Gasteiger partial charge is 0.372 e. The van der Waals surface area contributed by atoms with Gasteiger partial charge in [0, 0.05) is 18.8 Å². The van der Waals surface area contributed by atoms with Crippen LogP contribution in [0.4, 0.5) is 5.69 Å². The average Bonchev–Trinajstić information content (AvgIpc) is 2.97. The van der Waals surface area contributed by atoms with Crippen LogP contribution < -0.4 is 4.90 Å². The fraction of sp³-hybridized carbons (Fsp3) is 0.273. The summed E-state index contributed by atoms with van der Waals surface area (Å²) in [5.41, 5.74) is 3.29. The summed E-state index contributed by atoms with van der Waals surface area (Å²) in [5.74, 6) is -0.0193. The monoisotopic (exact) mass is 396 g/mol. The third-order valence-corrected chi connectivity index (χ3v) is 6.14. The van der Waals surface area contributed by atoms with Crippen molar-refractivity contribution in [1.29, 1.82) is 0 Å². The van der Waals surface area contributed by atoms with E-state index in [-0.39, 0.29) is 11.9 Å². The minimum Gasteiger partial charge on any atom is -0.372 e. The van der Waals surface area contributed by atoms with Crippen molar-refractivity contribution in [2.45, 2.75) is 26.8 Å². The molecular weight excluding hydrogens is 372 g/mol. The number of rotatable bonds is 6. The van der Waals surface area contributed by atoms with Crippen LogP contribution >= 0.6 is 24.0 Å². The maximum absolute atomic E-state index is 12.9. The third kappa shape index (κ3) is 4.25. The maximum Gasteiger partial charge on any atom is 0.266 e. The van der Waals surface area contributed by atoms with E-state index in [0.717, 1.165) is 24.2 Å². The Labute approximate surface area is 171 Å². The minimum absolute atomic E-state index is 0.0193. The number of benzene rings is 2. The van der Waals surface area contributed by atoms with Gasteiger partial charge in [-0.3, -0.25) is 9.69 Å². The molecule has 0 aromatic heterocycles. The van der Waals surface area contributed by atoms with Crippen molar-refractivity contribution in [2.24, 2.45) is 0 Å². The molecule has 1 aliphatic rings. The van der Waals surface area contributed by atoms with Gasteiger partial charge in [-0.25, -0.2) is 0 Å². The molecule has 0 radical (unpaired) electrons. The third-order valence-electron chi connectivity index (χ3n) is 4.81. The van der Waals surface area contributed by atoms with Gasteiger partial charge in [-0.05, 0) is 50.1 Å². The Kier molecular flexibility index (Phi) is 6.34. The highest BCUT2D eigenvalue weighted by molar-refractivity contribution is 8.26. The van der Waals surface area contributed by atoms with Crippen LogP contribution in [0.3, 0.4) is 0 Å². The van der Waals surface area contributed by atoms with Crippen LogP contribution in [-0.4, -0.2) is 28.2 Å². The predicted octanol–water partition coefficient (Wildman–Crippen LogP) is 5.50. The van der Waals surface area contributed by atoms with E-state index in [1.807, 2.05) is 43.3 Å². The van der Waals surface area contributed by atoms with Crippen molar-refractivity contribution in [3.05, 3.63) is 70.6 Å². The van der Waals surface area contributed by atoms with Gasteiger partial charge in [0.2, 0.25) is 0 Å². The van der Waals surface area contributed by atoms with Gasteiger partial charge in [-0.15, -0.1) is 0 Å². The van der Waals surface area contributed by atoms with Crippen LogP contribution in [-0.2, 0) is 4.79 Å². The van der Waals surface area contributed by atoms with Gasteiger partial charge in [-0.2, -0.15) is 0 Å². The standard InChI is InChI=1S/C22H24N2OS2/c1-4-23(5-2)19-13-11-17(12-14-19)15-20-21(25)24(22(26)27-20)16(3)18-9-7-6-8-10-18/h6-16H,4-5H2,1-3H3/b20-15+/t16-/m1/s1. The van der Waals surface area contributed by atoms with Gasteiger partial charge in [0.15, 0.2) is 0 Å². The number of anilines is 1. The first-order valence-corrected chi connectivity index (χ1v) is 10.4. The van der Waals surface area contributed by atoms with E-state index in [4.69, 9.17) is 12.2 Å². The molecule has 0 saturated carbocycles. The van der Waals surface area contributed by atoms with Gasteiger partial charge in [0.25, 0.3) is 5.91 Å². The van der Waals surface area contributed by atoms with Crippen molar-refractivity contribution in [3.63, 3.8) is 0 Å². The van der Waals surface area contributed by atoms with Gasteiger partial charge in [0.05, 0.1) is 10.9 Å². The van der Waals surface area contributed by atoms with Crippen LogP contribution in [0.15, 0.2) is 59.5 Å². The Morgan fingerprint density at radius 2 is 1.70 bits per heavy atom. The molecule has 0 spiro atoms. The highest BCUT2D eigenvalue weighted by Crippen LogP contribution is 2.38. The lowest BCUT2D eigenvalue weighted by Gasteiger charge is -2.23. The van der Waals surface area contributed by atoms with E-state index >= 15 is 0 Å². The molecule has 0 bridgehead atoms. The molecule has 1 saturated heterocycles. The van der Waals surface area contributed by atoms with E-state index in [0.29, 0.717) is 9.23 Å². The molecule has 2 aromatic carbocycles. The van der Waals surface area contributed by atoms with Crippen LogP contribution in [0.2, 0.25) is 0 Å². The lowest BCUT2D eigenvalue weighted by atomic mass is 10.1. The molecule has 27 heavy (non-hydrogen) atoms. The number of nitrogens with zero attached hydrogens (tertiary/aromatic N) is 2. The molecule has 1 aliphatic heterocycles. The van der Waals surface area contributed by atoms with E-state index in [1.54, 1.807) is 4.90 Å². The topological polar surface area (TPSA) is 23.6 Å². The SMILES string of the molecule is CCN(CC)c1ccc(/C=C2/SC(=S)N([C@H](C)c3ccccc3)C2=O)cc1. The summed E-state index contributed by atoms with van der Waals surface area (Å²) in [6.45, 7) is 8.27. The highest BCUT2D eigenvalue weighted by atomic mass is 32.2. The first-order valence-electron chi connectivity index (χ1n) is 9.22. The number of hydrogen-bond donors (Lipinski definition) is 0. The fourth-order valence-corrected chi connectivity index (χ4v) is 4.63. The predicted molar refractivity (Wildman–Crippen MR) is 120 cm³/mol. The zero-order valence-electron chi connectivity index (χ0n) is 15.9. The lowest BCUT2D eigenvalue weighted by molar-refractivity contribution is -0.123. The number of thiocarbonyl (C=S) groups is 1. The Morgan fingerprint density at radius 3 is 2.30 bits per heavy atom. The molecule has 5 heteroatoms. The first-order chi connectivity index (χ1) is 13.0. The van der Waals surface area contributed by atoms with Crippen LogP contribution in [0.25, 0.3) is 6.08 Å². The zero-order valence-corrected chi connectivity index (χ0v) is 17.5. The molecule has 0 aliphatic carbocycles. The molecule has 0 N–H and O–H groups in total. The molecule has 1 heterocycles. The Bertz CT molecular complexity index is 842. The molecule has 2 aromatic rings. The molecule has 140 valence electrons. The summed E-state index contributed by atoms with van der Waals surface area (Å²) in [7, 11) is 0. The molecule has 1 fully saturated rings. The fourth-order valence-electron chi connectivity index (χ4n) is 3.22. The smallest absolute Gasteiger partial charge is 0.266 e. The zero-order chi connectivity index (χ0) is 19.4. The van der Waals surface area contributed by atoms with E-state index in [1.165, 1.54) is 17.4 Å². The van der Waals surface area contributed by atoms with Crippen molar-refractivity contribution in [3.8, 4) is 0 Å². The maximum atomic E-state index is 12.9. The van der Waals surface area contributed by atoms with Crippen molar-refractivity contribution < 1.29 is 4.79 Å². The summed E-state index contributed by atoms with van der Waals surface area (Å²) >= 11 is 6.87. The van der Waals surface area contributed by atoms with Crippen LogP contribution in [0, 0.1) is 0 Å². The van der Waals surface area contributed by atoms with Gasteiger partial charge >= 0.3 is 0 Å². The summed E-state index contributed by atoms with van der Waals surface area (Å²) in [6, 6.07) is 18.2.